The fourth-order valence-corrected chi connectivity index (χ4v) is 2.48. The highest BCUT2D eigenvalue weighted by atomic mass is 16.5. The third-order valence-electron chi connectivity index (χ3n) is 3.60. The molecule has 2 atom stereocenters. The fraction of sp³-hybridized carbons (Fsp3) is 0.923. The maximum absolute atomic E-state index is 11.2. The monoisotopic (exact) mass is 228 g/mol. The third kappa shape index (κ3) is 3.78. The molecule has 0 aromatic rings. The summed E-state index contributed by atoms with van der Waals surface area (Å²) in [6.07, 6.45) is 7.17. The standard InChI is InChI=1S/C13H24O3/c1-3-8-13(2,12(14)15)9-4-6-11-7-5-10-16-11/h11H,3-10H2,1-2H3,(H,14,15). The molecule has 1 N–H and O–H groups in total. The van der Waals surface area contributed by atoms with Gasteiger partial charge in [-0.25, -0.2) is 0 Å². The zero-order valence-corrected chi connectivity index (χ0v) is 10.5. The van der Waals surface area contributed by atoms with Crippen LogP contribution in [-0.2, 0) is 9.53 Å². The predicted octanol–water partition coefficient (Wildman–Crippen LogP) is 3.23. The Morgan fingerprint density at radius 2 is 2.25 bits per heavy atom. The van der Waals surface area contributed by atoms with Gasteiger partial charge in [-0.15, -0.1) is 0 Å². The number of carboxylic acids is 1. The van der Waals surface area contributed by atoms with Gasteiger partial charge in [0.2, 0.25) is 0 Å². The van der Waals surface area contributed by atoms with Gasteiger partial charge in [0.1, 0.15) is 0 Å². The van der Waals surface area contributed by atoms with E-state index in [2.05, 4.69) is 0 Å². The molecule has 2 unspecified atom stereocenters. The van der Waals surface area contributed by atoms with Crippen molar-refractivity contribution in [1.29, 1.82) is 0 Å². The van der Waals surface area contributed by atoms with E-state index >= 15 is 0 Å². The predicted molar refractivity (Wildman–Crippen MR) is 63.5 cm³/mol. The maximum Gasteiger partial charge on any atom is 0.309 e. The zero-order valence-electron chi connectivity index (χ0n) is 10.5. The summed E-state index contributed by atoms with van der Waals surface area (Å²) in [5.74, 6) is -0.651. The molecule has 1 heterocycles. The van der Waals surface area contributed by atoms with E-state index in [0.29, 0.717) is 6.10 Å². The minimum absolute atomic E-state index is 0.389. The second-order valence-electron chi connectivity index (χ2n) is 5.14. The van der Waals surface area contributed by atoms with Gasteiger partial charge < -0.3 is 9.84 Å². The van der Waals surface area contributed by atoms with Crippen LogP contribution in [0.4, 0.5) is 0 Å². The average molecular weight is 228 g/mol. The lowest BCUT2D eigenvalue weighted by atomic mass is 9.80. The Labute approximate surface area is 98.2 Å². The molecule has 1 saturated heterocycles. The van der Waals surface area contributed by atoms with E-state index in [0.717, 1.165) is 51.6 Å². The number of hydrogen-bond donors (Lipinski definition) is 1. The highest BCUT2D eigenvalue weighted by Gasteiger charge is 2.31. The Kier molecular flexibility index (Phi) is 5.26. The Morgan fingerprint density at radius 3 is 2.75 bits per heavy atom. The molecule has 1 aliphatic rings. The summed E-state index contributed by atoms with van der Waals surface area (Å²) in [5.41, 5.74) is -0.534. The number of hydrogen-bond acceptors (Lipinski definition) is 2. The molecule has 1 aliphatic heterocycles. The Balaban J connectivity index is 2.29. The molecule has 16 heavy (non-hydrogen) atoms. The fourth-order valence-electron chi connectivity index (χ4n) is 2.48. The molecule has 3 nitrogen and oxygen atoms in total. The molecule has 0 saturated carbocycles. The molecule has 0 spiro atoms. The van der Waals surface area contributed by atoms with Crippen molar-refractivity contribution in [3.63, 3.8) is 0 Å². The average Bonchev–Trinajstić information content (AvgIpc) is 2.70. The third-order valence-corrected chi connectivity index (χ3v) is 3.60. The molecular formula is C13H24O3. The second-order valence-corrected chi connectivity index (χ2v) is 5.14. The van der Waals surface area contributed by atoms with Gasteiger partial charge in [-0.05, 0) is 45.4 Å². The summed E-state index contributed by atoms with van der Waals surface area (Å²) in [6, 6.07) is 0. The van der Waals surface area contributed by atoms with Crippen molar-refractivity contribution in [3.8, 4) is 0 Å². The minimum atomic E-state index is -0.651. The van der Waals surface area contributed by atoms with E-state index in [1.165, 1.54) is 0 Å². The first kappa shape index (κ1) is 13.5. The van der Waals surface area contributed by atoms with Crippen LogP contribution >= 0.6 is 0 Å². The van der Waals surface area contributed by atoms with Gasteiger partial charge in [-0.3, -0.25) is 4.79 Å². The second kappa shape index (κ2) is 6.24. The largest absolute Gasteiger partial charge is 0.481 e. The lowest BCUT2D eigenvalue weighted by Gasteiger charge is -2.24. The number of rotatable bonds is 7. The molecule has 0 aromatic carbocycles. The normalized spacial score (nSPS) is 24.2. The molecule has 3 heteroatoms. The lowest BCUT2D eigenvalue weighted by molar-refractivity contribution is -0.149. The maximum atomic E-state index is 11.2. The molecule has 0 aliphatic carbocycles. The van der Waals surface area contributed by atoms with Crippen LogP contribution in [0.25, 0.3) is 0 Å². The molecule has 1 fully saturated rings. The first-order chi connectivity index (χ1) is 7.58. The van der Waals surface area contributed by atoms with E-state index in [-0.39, 0.29) is 0 Å². The van der Waals surface area contributed by atoms with Crippen LogP contribution in [0.15, 0.2) is 0 Å². The van der Waals surface area contributed by atoms with E-state index < -0.39 is 11.4 Å². The summed E-state index contributed by atoms with van der Waals surface area (Å²) in [4.78, 5) is 11.2. The minimum Gasteiger partial charge on any atom is -0.481 e. The van der Waals surface area contributed by atoms with Gasteiger partial charge in [-0.2, -0.15) is 0 Å². The Morgan fingerprint density at radius 1 is 1.50 bits per heavy atom. The summed E-state index contributed by atoms with van der Waals surface area (Å²) >= 11 is 0. The van der Waals surface area contributed by atoms with Crippen LogP contribution in [0.1, 0.15) is 58.8 Å². The van der Waals surface area contributed by atoms with Gasteiger partial charge >= 0.3 is 5.97 Å². The summed E-state index contributed by atoms with van der Waals surface area (Å²) < 4.78 is 5.54. The number of carbonyl (C=O) groups is 1. The van der Waals surface area contributed by atoms with Crippen molar-refractivity contribution < 1.29 is 14.6 Å². The molecule has 0 bridgehead atoms. The smallest absolute Gasteiger partial charge is 0.309 e. The van der Waals surface area contributed by atoms with Crippen molar-refractivity contribution in [1.82, 2.24) is 0 Å². The highest BCUT2D eigenvalue weighted by Crippen LogP contribution is 2.31. The number of ether oxygens (including phenoxy) is 1. The first-order valence-electron chi connectivity index (χ1n) is 6.43. The van der Waals surface area contributed by atoms with E-state index in [9.17, 15) is 9.90 Å². The van der Waals surface area contributed by atoms with Gasteiger partial charge in [-0.1, -0.05) is 13.3 Å². The number of aliphatic carboxylic acids is 1. The van der Waals surface area contributed by atoms with Gasteiger partial charge in [0.25, 0.3) is 0 Å². The van der Waals surface area contributed by atoms with Gasteiger partial charge in [0, 0.05) is 6.61 Å². The van der Waals surface area contributed by atoms with Crippen LogP contribution in [-0.4, -0.2) is 23.8 Å². The topological polar surface area (TPSA) is 46.5 Å². The van der Waals surface area contributed by atoms with Gasteiger partial charge in [0.05, 0.1) is 11.5 Å². The van der Waals surface area contributed by atoms with Gasteiger partial charge in [0.15, 0.2) is 0 Å². The van der Waals surface area contributed by atoms with Crippen molar-refractivity contribution in [3.05, 3.63) is 0 Å². The molecule has 0 aromatic heterocycles. The number of carboxylic acid groups (broad SMARTS) is 1. The van der Waals surface area contributed by atoms with E-state index in [1.54, 1.807) is 0 Å². The van der Waals surface area contributed by atoms with Crippen molar-refractivity contribution in [2.75, 3.05) is 6.61 Å². The van der Waals surface area contributed by atoms with Crippen molar-refractivity contribution in [2.45, 2.75) is 64.9 Å². The molecule has 0 radical (unpaired) electrons. The van der Waals surface area contributed by atoms with Crippen molar-refractivity contribution >= 4 is 5.97 Å². The zero-order chi connectivity index (χ0) is 12.0. The quantitative estimate of drug-likeness (QED) is 0.727. The van der Waals surface area contributed by atoms with Crippen LogP contribution in [0.5, 0.6) is 0 Å². The van der Waals surface area contributed by atoms with Crippen LogP contribution < -0.4 is 0 Å². The molecule has 0 amide bonds. The Bertz CT molecular complexity index is 221. The first-order valence-corrected chi connectivity index (χ1v) is 6.43. The highest BCUT2D eigenvalue weighted by molar-refractivity contribution is 5.73. The molecule has 1 rings (SSSR count). The lowest BCUT2D eigenvalue weighted by Crippen LogP contribution is -2.27. The summed E-state index contributed by atoms with van der Waals surface area (Å²) in [5, 5.41) is 9.22. The SMILES string of the molecule is CCCC(C)(CCCC1CCCO1)C(=O)O. The van der Waals surface area contributed by atoms with Crippen LogP contribution in [0.2, 0.25) is 0 Å². The van der Waals surface area contributed by atoms with E-state index in [1.807, 2.05) is 13.8 Å². The summed E-state index contributed by atoms with van der Waals surface area (Å²) in [7, 11) is 0. The van der Waals surface area contributed by atoms with Crippen LogP contribution in [0.3, 0.4) is 0 Å². The molecular weight excluding hydrogens is 204 g/mol. The summed E-state index contributed by atoms with van der Waals surface area (Å²) in [6.45, 7) is 4.80. The molecule has 94 valence electrons. The Hall–Kier alpha value is -0.570. The van der Waals surface area contributed by atoms with Crippen LogP contribution in [0, 0.1) is 5.41 Å². The van der Waals surface area contributed by atoms with Crippen molar-refractivity contribution in [2.24, 2.45) is 5.41 Å². The van der Waals surface area contributed by atoms with E-state index in [4.69, 9.17) is 4.74 Å².